The van der Waals surface area contributed by atoms with E-state index in [4.69, 9.17) is 0 Å². The Morgan fingerprint density at radius 1 is 1.25 bits per heavy atom. The average molecular weight is 206 g/mol. The zero-order chi connectivity index (χ0) is 8.97. The Bertz CT molecular complexity index is 155. The Hall–Kier alpha value is -0.0300. The van der Waals surface area contributed by atoms with Gasteiger partial charge in [-0.1, -0.05) is 21.6 Å². The van der Waals surface area contributed by atoms with Crippen molar-refractivity contribution >= 4 is 27.6 Å². The minimum atomic E-state index is 0.137. The molecule has 0 bridgehead atoms. The maximum Gasteiger partial charge on any atom is 0.319 e. The molecule has 0 radical (unpaired) electrons. The highest BCUT2D eigenvalue weighted by Gasteiger charge is 2.16. The van der Waals surface area contributed by atoms with Crippen LogP contribution >= 0.6 is 21.6 Å². The molecule has 0 unspecified atom stereocenters. The van der Waals surface area contributed by atoms with Gasteiger partial charge in [0.15, 0.2) is 0 Å². The molecule has 0 atom stereocenters. The highest BCUT2D eigenvalue weighted by Crippen LogP contribution is 2.23. The summed E-state index contributed by atoms with van der Waals surface area (Å²) in [5.41, 5.74) is 0. The van der Waals surface area contributed by atoms with Crippen LogP contribution in [0.3, 0.4) is 0 Å². The van der Waals surface area contributed by atoms with Crippen LogP contribution in [0, 0.1) is 0 Å². The first-order valence-corrected chi connectivity index (χ1v) is 6.41. The van der Waals surface area contributed by atoms with E-state index in [0.717, 1.165) is 24.6 Å². The molecule has 1 saturated heterocycles. The Kier molecular flexibility index (Phi) is 4.08. The molecule has 1 heterocycles. The van der Waals surface area contributed by atoms with Gasteiger partial charge in [0, 0.05) is 38.7 Å². The lowest BCUT2D eigenvalue weighted by Gasteiger charge is -2.23. The lowest BCUT2D eigenvalue weighted by atomic mass is 10.5. The molecule has 0 aromatic carbocycles. The summed E-state index contributed by atoms with van der Waals surface area (Å²) in [6.45, 7) is 1.77. The van der Waals surface area contributed by atoms with Crippen LogP contribution in [0.4, 0.5) is 4.79 Å². The van der Waals surface area contributed by atoms with Gasteiger partial charge in [-0.3, -0.25) is 0 Å². The zero-order valence-corrected chi connectivity index (χ0v) is 9.08. The van der Waals surface area contributed by atoms with Crippen LogP contribution in [-0.4, -0.2) is 54.5 Å². The fourth-order valence-electron chi connectivity index (χ4n) is 0.999. The third kappa shape index (κ3) is 2.79. The summed E-state index contributed by atoms with van der Waals surface area (Å²) in [4.78, 5) is 15.0. The van der Waals surface area contributed by atoms with Gasteiger partial charge in [-0.05, 0) is 0 Å². The number of amides is 2. The summed E-state index contributed by atoms with van der Waals surface area (Å²) in [7, 11) is 7.30. The molecule has 1 rings (SSSR count). The van der Waals surface area contributed by atoms with Gasteiger partial charge < -0.3 is 9.80 Å². The van der Waals surface area contributed by atoms with Gasteiger partial charge in [0.1, 0.15) is 0 Å². The van der Waals surface area contributed by atoms with E-state index in [-0.39, 0.29) is 6.03 Å². The molecule has 12 heavy (non-hydrogen) atoms. The first-order chi connectivity index (χ1) is 5.72. The van der Waals surface area contributed by atoms with Gasteiger partial charge in [-0.15, -0.1) is 0 Å². The normalized spacial score (nSPS) is 18.7. The molecule has 5 heteroatoms. The molecule has 0 aromatic heterocycles. The van der Waals surface area contributed by atoms with Crippen molar-refractivity contribution in [3.8, 4) is 0 Å². The van der Waals surface area contributed by atoms with Gasteiger partial charge in [0.25, 0.3) is 0 Å². The van der Waals surface area contributed by atoms with Crippen molar-refractivity contribution in [2.75, 3.05) is 38.7 Å². The van der Waals surface area contributed by atoms with Gasteiger partial charge in [-0.2, -0.15) is 0 Å². The van der Waals surface area contributed by atoms with Crippen LogP contribution in [0.15, 0.2) is 0 Å². The molecule has 1 aliphatic heterocycles. The zero-order valence-electron chi connectivity index (χ0n) is 7.45. The Morgan fingerprint density at radius 3 is 2.17 bits per heavy atom. The number of rotatable bonds is 0. The second-order valence-electron chi connectivity index (χ2n) is 2.81. The van der Waals surface area contributed by atoms with Crippen LogP contribution in [0.2, 0.25) is 0 Å². The predicted molar refractivity (Wildman–Crippen MR) is 55.6 cm³/mol. The van der Waals surface area contributed by atoms with Crippen molar-refractivity contribution < 1.29 is 4.79 Å². The van der Waals surface area contributed by atoms with E-state index in [1.165, 1.54) is 0 Å². The van der Waals surface area contributed by atoms with Gasteiger partial charge in [0.2, 0.25) is 0 Å². The SMILES string of the molecule is CN(C)C(=O)N1CCSSCC1. The van der Waals surface area contributed by atoms with Crippen LogP contribution in [-0.2, 0) is 0 Å². The van der Waals surface area contributed by atoms with E-state index in [2.05, 4.69) is 0 Å². The highest BCUT2D eigenvalue weighted by atomic mass is 33.1. The maximum atomic E-state index is 11.5. The summed E-state index contributed by atoms with van der Waals surface area (Å²) < 4.78 is 0. The van der Waals surface area contributed by atoms with E-state index in [0.29, 0.717) is 0 Å². The fourth-order valence-corrected chi connectivity index (χ4v) is 2.98. The number of carbonyl (C=O) groups is 1. The van der Waals surface area contributed by atoms with Gasteiger partial charge >= 0.3 is 6.03 Å². The van der Waals surface area contributed by atoms with Crippen LogP contribution < -0.4 is 0 Å². The Balaban J connectivity index is 2.43. The molecular formula is C7H14N2OS2. The first-order valence-electron chi connectivity index (χ1n) is 3.92. The van der Waals surface area contributed by atoms with Crippen molar-refractivity contribution in [2.24, 2.45) is 0 Å². The predicted octanol–water partition coefficient (Wildman–Crippen LogP) is 1.36. The first kappa shape index (κ1) is 10.1. The number of nitrogens with zero attached hydrogens (tertiary/aromatic N) is 2. The van der Waals surface area contributed by atoms with E-state index >= 15 is 0 Å². The molecular weight excluding hydrogens is 192 g/mol. The average Bonchev–Trinajstić information content (AvgIpc) is 2.30. The molecule has 3 nitrogen and oxygen atoms in total. The molecule has 0 aromatic rings. The monoisotopic (exact) mass is 206 g/mol. The standard InChI is InChI=1S/C7H14N2OS2/c1-8(2)7(10)9-3-5-11-12-6-4-9/h3-6H2,1-2H3. The largest absolute Gasteiger partial charge is 0.331 e. The summed E-state index contributed by atoms with van der Waals surface area (Å²) in [5.74, 6) is 2.09. The molecule has 70 valence electrons. The van der Waals surface area contributed by atoms with Crippen LogP contribution in [0.25, 0.3) is 0 Å². The fraction of sp³-hybridized carbons (Fsp3) is 0.857. The third-order valence-electron chi connectivity index (χ3n) is 1.63. The summed E-state index contributed by atoms with van der Waals surface area (Å²) in [6.07, 6.45) is 0. The quantitative estimate of drug-likeness (QED) is 0.559. The molecule has 1 fully saturated rings. The smallest absolute Gasteiger partial charge is 0.319 e. The molecule has 0 N–H and O–H groups in total. The number of urea groups is 1. The number of hydrogen-bond acceptors (Lipinski definition) is 3. The van der Waals surface area contributed by atoms with Gasteiger partial charge in [-0.25, -0.2) is 4.79 Å². The second kappa shape index (κ2) is 4.87. The molecule has 2 amide bonds. The van der Waals surface area contributed by atoms with E-state index in [1.54, 1.807) is 19.0 Å². The lowest BCUT2D eigenvalue weighted by Crippen LogP contribution is -2.40. The van der Waals surface area contributed by atoms with Crippen molar-refractivity contribution in [2.45, 2.75) is 0 Å². The molecule has 0 saturated carbocycles. The number of hydrogen-bond donors (Lipinski definition) is 0. The lowest BCUT2D eigenvalue weighted by molar-refractivity contribution is 0.177. The molecule has 1 aliphatic rings. The third-order valence-corrected chi connectivity index (χ3v) is 3.99. The van der Waals surface area contributed by atoms with Crippen LogP contribution in [0.1, 0.15) is 0 Å². The minimum absolute atomic E-state index is 0.137. The minimum Gasteiger partial charge on any atom is -0.331 e. The summed E-state index contributed by atoms with van der Waals surface area (Å²) >= 11 is 0. The highest BCUT2D eigenvalue weighted by molar-refractivity contribution is 8.76. The van der Waals surface area contributed by atoms with Crippen molar-refractivity contribution in [3.63, 3.8) is 0 Å². The topological polar surface area (TPSA) is 23.6 Å². The summed E-state index contributed by atoms with van der Waals surface area (Å²) in [6, 6.07) is 0.137. The van der Waals surface area contributed by atoms with E-state index in [9.17, 15) is 4.79 Å². The van der Waals surface area contributed by atoms with Crippen molar-refractivity contribution in [1.29, 1.82) is 0 Å². The Morgan fingerprint density at radius 2 is 1.75 bits per heavy atom. The maximum absolute atomic E-state index is 11.5. The van der Waals surface area contributed by atoms with E-state index < -0.39 is 0 Å². The Labute approximate surface area is 81.3 Å². The number of carbonyl (C=O) groups excluding carboxylic acids is 1. The molecule has 0 spiro atoms. The van der Waals surface area contributed by atoms with Crippen LogP contribution in [0.5, 0.6) is 0 Å². The molecule has 0 aliphatic carbocycles. The van der Waals surface area contributed by atoms with E-state index in [1.807, 2.05) is 26.5 Å². The van der Waals surface area contributed by atoms with Crippen molar-refractivity contribution in [1.82, 2.24) is 9.80 Å². The van der Waals surface area contributed by atoms with Gasteiger partial charge in [0.05, 0.1) is 0 Å². The van der Waals surface area contributed by atoms with Crippen molar-refractivity contribution in [3.05, 3.63) is 0 Å². The summed E-state index contributed by atoms with van der Waals surface area (Å²) in [5, 5.41) is 0. The second-order valence-corrected chi connectivity index (χ2v) is 5.51.